The highest BCUT2D eigenvalue weighted by Gasteiger charge is 2.53. The summed E-state index contributed by atoms with van der Waals surface area (Å²) < 4.78 is 7.20. The Balaban J connectivity index is 1.23. The first-order chi connectivity index (χ1) is 16.5. The number of ether oxygens (including phenoxy) is 1. The van der Waals surface area contributed by atoms with Crippen molar-refractivity contribution in [3.8, 4) is 0 Å². The molecule has 4 saturated carbocycles. The Kier molecular flexibility index (Phi) is 5.41. The topological polar surface area (TPSA) is 103 Å². The molecule has 1 aromatic heterocycles. The molecule has 4 aliphatic carbocycles. The van der Waals surface area contributed by atoms with E-state index in [9.17, 15) is 14.9 Å². The van der Waals surface area contributed by atoms with Crippen molar-refractivity contribution in [2.24, 2.45) is 17.8 Å². The Labute approximate surface area is 198 Å². The molecule has 5 aliphatic rings. The Morgan fingerprint density at radius 3 is 2.47 bits per heavy atom. The minimum atomic E-state index is -0.529. The summed E-state index contributed by atoms with van der Waals surface area (Å²) >= 11 is 0. The van der Waals surface area contributed by atoms with E-state index in [4.69, 9.17) is 4.74 Å². The number of anilines is 1. The molecule has 0 radical (unpaired) electrons. The number of nitro groups is 1. The third-order valence-electron chi connectivity index (χ3n) is 8.29. The van der Waals surface area contributed by atoms with Crippen LogP contribution in [0.1, 0.15) is 54.6 Å². The second kappa shape index (κ2) is 8.46. The summed E-state index contributed by atoms with van der Waals surface area (Å²) in [6.45, 7) is 3.99. The lowest BCUT2D eigenvalue weighted by molar-refractivity contribution is -0.385. The molecule has 180 valence electrons. The maximum absolute atomic E-state index is 13.2. The van der Waals surface area contributed by atoms with Crippen LogP contribution >= 0.6 is 0 Å². The van der Waals surface area contributed by atoms with E-state index in [0.717, 1.165) is 57.7 Å². The van der Waals surface area contributed by atoms with Crippen LogP contribution in [0.5, 0.6) is 0 Å². The molecule has 1 saturated heterocycles. The van der Waals surface area contributed by atoms with Crippen LogP contribution in [0.2, 0.25) is 0 Å². The number of benzene rings is 1. The summed E-state index contributed by atoms with van der Waals surface area (Å²) in [4.78, 5) is 26.8. The average Bonchev–Trinajstić information content (AvgIpc) is 3.26. The predicted octanol–water partition coefficient (Wildman–Crippen LogP) is 3.80. The number of nitrogens with one attached hydrogen (secondary N) is 1. The normalized spacial score (nSPS) is 30.4. The summed E-state index contributed by atoms with van der Waals surface area (Å²) in [5.74, 6) is 1.52. The van der Waals surface area contributed by atoms with Gasteiger partial charge in [-0.2, -0.15) is 5.10 Å². The van der Waals surface area contributed by atoms with E-state index in [0.29, 0.717) is 23.4 Å². The van der Waals surface area contributed by atoms with Crippen molar-refractivity contribution in [3.63, 3.8) is 0 Å². The maximum Gasteiger partial charge on any atom is 0.320 e. The van der Waals surface area contributed by atoms with E-state index in [1.165, 1.54) is 25.5 Å². The van der Waals surface area contributed by atoms with Gasteiger partial charge < -0.3 is 10.1 Å². The van der Waals surface area contributed by atoms with E-state index in [1.54, 1.807) is 4.68 Å². The molecule has 1 amide bonds. The van der Waals surface area contributed by atoms with Gasteiger partial charge in [0.15, 0.2) is 0 Å². The van der Waals surface area contributed by atoms with E-state index in [1.807, 2.05) is 24.3 Å². The van der Waals surface area contributed by atoms with Crippen LogP contribution in [0, 0.1) is 27.9 Å². The minimum Gasteiger partial charge on any atom is -0.379 e. The van der Waals surface area contributed by atoms with E-state index < -0.39 is 10.8 Å². The van der Waals surface area contributed by atoms with Gasteiger partial charge in [-0.05, 0) is 74.0 Å². The fourth-order valence-electron chi connectivity index (χ4n) is 7.20. The number of aromatic nitrogens is 2. The lowest BCUT2D eigenvalue weighted by Gasteiger charge is -2.56. The summed E-state index contributed by atoms with van der Waals surface area (Å²) in [5, 5.41) is 19.3. The fraction of sp³-hybridized carbons (Fsp3) is 0.600. The van der Waals surface area contributed by atoms with Crippen molar-refractivity contribution in [1.29, 1.82) is 0 Å². The first kappa shape index (κ1) is 21.7. The number of hydrogen-bond donors (Lipinski definition) is 1. The number of hydrogen-bond acceptors (Lipinski definition) is 6. The highest BCUT2D eigenvalue weighted by atomic mass is 16.6. The average molecular weight is 466 g/mol. The zero-order valence-electron chi connectivity index (χ0n) is 19.3. The molecule has 34 heavy (non-hydrogen) atoms. The van der Waals surface area contributed by atoms with Gasteiger partial charge in [0.05, 0.1) is 23.7 Å². The van der Waals surface area contributed by atoms with Gasteiger partial charge in [-0.15, -0.1) is 0 Å². The third-order valence-corrected chi connectivity index (χ3v) is 8.29. The molecule has 5 fully saturated rings. The molecule has 0 unspecified atom stereocenters. The number of morpholine rings is 1. The smallest absolute Gasteiger partial charge is 0.320 e. The standard InChI is InChI=1S/C25H31N5O4/c31-24(26-21-3-1-2-17(11-21)15-28-4-6-34-7-5-28)23-22(30(32)33)16-29(27-23)25-12-18-8-19(13-25)10-20(9-18)14-25/h1-3,11,16,18-20H,4-10,12-15H2,(H,26,31). The van der Waals surface area contributed by atoms with Gasteiger partial charge in [-0.3, -0.25) is 24.5 Å². The van der Waals surface area contributed by atoms with Crippen LogP contribution < -0.4 is 5.32 Å². The number of rotatable bonds is 6. The van der Waals surface area contributed by atoms with Gasteiger partial charge in [0.25, 0.3) is 5.91 Å². The van der Waals surface area contributed by atoms with Gasteiger partial charge in [0.1, 0.15) is 6.20 Å². The highest BCUT2D eigenvalue weighted by molar-refractivity contribution is 6.05. The van der Waals surface area contributed by atoms with Gasteiger partial charge in [0.2, 0.25) is 5.69 Å². The Hall–Kier alpha value is -2.78. The summed E-state index contributed by atoms with van der Waals surface area (Å²) in [7, 11) is 0. The van der Waals surface area contributed by atoms with Crippen LogP contribution in [0.3, 0.4) is 0 Å². The van der Waals surface area contributed by atoms with Crippen LogP contribution in [0.25, 0.3) is 0 Å². The van der Waals surface area contributed by atoms with Crippen LogP contribution in [-0.4, -0.2) is 51.8 Å². The van der Waals surface area contributed by atoms with Gasteiger partial charge in [-0.25, -0.2) is 0 Å². The van der Waals surface area contributed by atoms with Crippen molar-refractivity contribution in [2.75, 3.05) is 31.6 Å². The molecule has 1 aliphatic heterocycles. The van der Waals surface area contributed by atoms with Gasteiger partial charge in [0, 0.05) is 25.3 Å². The summed E-state index contributed by atoms with van der Waals surface area (Å²) in [6, 6.07) is 7.65. The maximum atomic E-state index is 13.2. The molecule has 1 aromatic carbocycles. The predicted molar refractivity (Wildman–Crippen MR) is 126 cm³/mol. The number of carbonyl (C=O) groups is 1. The number of carbonyl (C=O) groups excluding carboxylic acids is 1. The fourth-order valence-corrected chi connectivity index (χ4v) is 7.20. The zero-order valence-corrected chi connectivity index (χ0v) is 19.3. The van der Waals surface area contributed by atoms with Crippen molar-refractivity contribution in [1.82, 2.24) is 14.7 Å². The molecule has 0 atom stereocenters. The number of nitrogens with zero attached hydrogens (tertiary/aromatic N) is 4. The van der Waals surface area contributed by atoms with E-state index in [2.05, 4.69) is 15.3 Å². The molecular formula is C25H31N5O4. The second-order valence-corrected chi connectivity index (χ2v) is 10.7. The lowest BCUT2D eigenvalue weighted by Crippen LogP contribution is -2.52. The monoisotopic (exact) mass is 465 g/mol. The van der Waals surface area contributed by atoms with Crippen molar-refractivity contribution in [2.45, 2.75) is 50.6 Å². The largest absolute Gasteiger partial charge is 0.379 e. The van der Waals surface area contributed by atoms with Crippen LogP contribution in [0.15, 0.2) is 30.5 Å². The highest BCUT2D eigenvalue weighted by Crippen LogP contribution is 2.58. The molecular weight excluding hydrogens is 434 g/mol. The van der Waals surface area contributed by atoms with Crippen LogP contribution in [-0.2, 0) is 16.8 Å². The SMILES string of the molecule is O=C(Nc1cccc(CN2CCOCC2)c1)c1nn(C23CC4CC(CC(C4)C2)C3)cc1[N+](=O)[O-]. The Morgan fingerprint density at radius 1 is 1.15 bits per heavy atom. The first-order valence-corrected chi connectivity index (χ1v) is 12.4. The van der Waals surface area contributed by atoms with Gasteiger partial charge in [-0.1, -0.05) is 12.1 Å². The molecule has 1 N–H and O–H groups in total. The quantitative estimate of drug-likeness (QED) is 0.514. The Morgan fingerprint density at radius 2 is 1.82 bits per heavy atom. The van der Waals surface area contributed by atoms with E-state index in [-0.39, 0.29) is 16.9 Å². The van der Waals surface area contributed by atoms with Crippen molar-refractivity contribution < 1.29 is 14.5 Å². The minimum absolute atomic E-state index is 0.0978. The summed E-state index contributed by atoms with van der Waals surface area (Å²) in [6.07, 6.45) is 8.38. The molecule has 2 heterocycles. The molecule has 2 aromatic rings. The molecule has 7 rings (SSSR count). The lowest BCUT2D eigenvalue weighted by atomic mass is 9.53. The van der Waals surface area contributed by atoms with Crippen LogP contribution in [0.4, 0.5) is 11.4 Å². The van der Waals surface area contributed by atoms with Crippen molar-refractivity contribution in [3.05, 3.63) is 51.8 Å². The van der Waals surface area contributed by atoms with E-state index >= 15 is 0 Å². The zero-order chi connectivity index (χ0) is 23.3. The first-order valence-electron chi connectivity index (χ1n) is 12.4. The Bertz CT molecular complexity index is 1070. The third kappa shape index (κ3) is 4.01. The molecule has 4 bridgehead atoms. The summed E-state index contributed by atoms with van der Waals surface area (Å²) in [5.41, 5.74) is 1.22. The second-order valence-electron chi connectivity index (χ2n) is 10.7. The molecule has 0 spiro atoms. The molecule has 9 nitrogen and oxygen atoms in total. The van der Waals surface area contributed by atoms with Crippen molar-refractivity contribution >= 4 is 17.3 Å². The number of amides is 1. The molecule has 9 heteroatoms. The van der Waals surface area contributed by atoms with Gasteiger partial charge >= 0.3 is 5.69 Å².